The van der Waals surface area contributed by atoms with Crippen LogP contribution in [0.3, 0.4) is 0 Å². The molecule has 0 aromatic heterocycles. The number of hydrogen-bond donors (Lipinski definition) is 1. The molecule has 1 fully saturated rings. The van der Waals surface area contributed by atoms with Crippen LogP contribution in [0, 0.1) is 0 Å². The molecule has 1 aliphatic carbocycles. The average molecular weight is 604 g/mol. The third-order valence-corrected chi connectivity index (χ3v) is 7.55. The van der Waals surface area contributed by atoms with Gasteiger partial charge < -0.3 is 15.0 Å². The van der Waals surface area contributed by atoms with Crippen LogP contribution in [0.25, 0.3) is 0 Å². The Labute approximate surface area is 236 Å². The molecule has 0 unspecified atom stereocenters. The monoisotopic (exact) mass is 602 g/mol. The molecule has 37 heavy (non-hydrogen) atoms. The number of nitrogens with zero attached hydrogens (tertiary/aromatic N) is 1. The number of carbonyl (C=O) groups excluding carboxylic acids is 2. The third-order valence-electron chi connectivity index (χ3n) is 6.46. The van der Waals surface area contributed by atoms with Gasteiger partial charge in [-0.3, -0.25) is 9.59 Å². The maximum atomic E-state index is 13.7. The lowest BCUT2D eigenvalue weighted by Crippen LogP contribution is -2.53. The van der Waals surface area contributed by atoms with Gasteiger partial charge in [-0.05, 0) is 70.2 Å². The van der Waals surface area contributed by atoms with Crippen LogP contribution >= 0.6 is 39.1 Å². The van der Waals surface area contributed by atoms with E-state index >= 15 is 0 Å². The summed E-state index contributed by atoms with van der Waals surface area (Å²) in [5.41, 5.74) is 1.81. The Morgan fingerprint density at radius 2 is 1.65 bits per heavy atom. The number of amides is 2. The van der Waals surface area contributed by atoms with E-state index in [1.165, 1.54) is 0 Å². The molecule has 1 aliphatic rings. The van der Waals surface area contributed by atoms with Crippen LogP contribution in [0.1, 0.15) is 36.8 Å². The molecule has 4 rings (SSSR count). The highest BCUT2D eigenvalue weighted by molar-refractivity contribution is 9.10. The molecule has 3 aromatic rings. The summed E-state index contributed by atoms with van der Waals surface area (Å²) in [6.07, 6.45) is 4.50. The highest BCUT2D eigenvalue weighted by atomic mass is 79.9. The van der Waals surface area contributed by atoms with Crippen molar-refractivity contribution in [2.45, 2.75) is 50.7 Å². The minimum absolute atomic E-state index is 0.134. The number of hydrogen-bond acceptors (Lipinski definition) is 3. The maximum absolute atomic E-state index is 13.7. The van der Waals surface area contributed by atoms with Gasteiger partial charge in [0.05, 0.1) is 4.47 Å². The van der Waals surface area contributed by atoms with Gasteiger partial charge in [-0.25, -0.2) is 0 Å². The first-order valence-electron chi connectivity index (χ1n) is 12.3. The van der Waals surface area contributed by atoms with E-state index in [4.69, 9.17) is 27.9 Å². The van der Waals surface area contributed by atoms with E-state index in [1.807, 2.05) is 48.5 Å². The van der Waals surface area contributed by atoms with Crippen molar-refractivity contribution >= 4 is 50.9 Å². The molecule has 194 valence electrons. The van der Waals surface area contributed by atoms with Gasteiger partial charge in [0.25, 0.3) is 5.91 Å². The third kappa shape index (κ3) is 7.97. The van der Waals surface area contributed by atoms with Crippen LogP contribution in [0.5, 0.6) is 5.75 Å². The molecule has 0 bridgehead atoms. The first kappa shape index (κ1) is 27.5. The number of benzene rings is 3. The lowest BCUT2D eigenvalue weighted by atomic mass is 10.0. The highest BCUT2D eigenvalue weighted by Crippen LogP contribution is 2.28. The van der Waals surface area contributed by atoms with Gasteiger partial charge in [0, 0.05) is 29.1 Å². The van der Waals surface area contributed by atoms with Crippen molar-refractivity contribution in [1.82, 2.24) is 10.2 Å². The largest absolute Gasteiger partial charge is 0.483 e. The summed E-state index contributed by atoms with van der Waals surface area (Å²) in [4.78, 5) is 29.0. The zero-order valence-corrected chi connectivity index (χ0v) is 23.4. The van der Waals surface area contributed by atoms with Crippen molar-refractivity contribution in [3.63, 3.8) is 0 Å². The zero-order valence-electron chi connectivity index (χ0n) is 20.3. The molecule has 3 aromatic carbocycles. The van der Waals surface area contributed by atoms with Crippen LogP contribution < -0.4 is 10.1 Å². The number of halogens is 3. The summed E-state index contributed by atoms with van der Waals surface area (Å²) in [5.74, 6) is 0.0404. The molecule has 0 saturated heterocycles. The second-order valence-corrected chi connectivity index (χ2v) is 10.9. The van der Waals surface area contributed by atoms with Crippen LogP contribution in [0.2, 0.25) is 10.0 Å². The fourth-order valence-corrected chi connectivity index (χ4v) is 5.58. The molecule has 8 heteroatoms. The fourth-order valence-electron chi connectivity index (χ4n) is 4.57. The summed E-state index contributed by atoms with van der Waals surface area (Å²) < 4.78 is 6.50. The molecule has 5 nitrogen and oxygen atoms in total. The fraction of sp³-hybridized carbons (Fsp3) is 0.310. The van der Waals surface area contributed by atoms with Crippen molar-refractivity contribution in [2.24, 2.45) is 0 Å². The summed E-state index contributed by atoms with van der Waals surface area (Å²) >= 11 is 15.7. The smallest absolute Gasteiger partial charge is 0.261 e. The van der Waals surface area contributed by atoms with Gasteiger partial charge in [0.2, 0.25) is 5.91 Å². The van der Waals surface area contributed by atoms with Gasteiger partial charge in [0.1, 0.15) is 11.8 Å². The van der Waals surface area contributed by atoms with E-state index < -0.39 is 6.04 Å². The maximum Gasteiger partial charge on any atom is 0.261 e. The molecule has 1 atom stereocenters. The number of ether oxygens (including phenoxy) is 1. The Morgan fingerprint density at radius 3 is 2.35 bits per heavy atom. The van der Waals surface area contributed by atoms with E-state index in [2.05, 4.69) is 21.2 Å². The summed E-state index contributed by atoms with van der Waals surface area (Å²) in [5, 5.41) is 4.32. The minimum Gasteiger partial charge on any atom is -0.483 e. The molecule has 0 aliphatic heterocycles. The second-order valence-electron chi connectivity index (χ2n) is 9.21. The van der Waals surface area contributed by atoms with Gasteiger partial charge in [-0.1, -0.05) is 78.5 Å². The molecular weight excluding hydrogens is 575 g/mol. The van der Waals surface area contributed by atoms with Crippen molar-refractivity contribution in [3.8, 4) is 5.75 Å². The van der Waals surface area contributed by atoms with Crippen LogP contribution in [-0.2, 0) is 22.6 Å². The molecular formula is C29H29BrCl2N2O3. The first-order valence-corrected chi connectivity index (χ1v) is 13.9. The Kier molecular flexibility index (Phi) is 9.89. The lowest BCUT2D eigenvalue weighted by Gasteiger charge is -2.32. The van der Waals surface area contributed by atoms with Crippen molar-refractivity contribution in [1.29, 1.82) is 0 Å². The Morgan fingerprint density at radius 1 is 0.946 bits per heavy atom. The minimum atomic E-state index is -0.716. The summed E-state index contributed by atoms with van der Waals surface area (Å²) in [7, 11) is 0. The molecule has 0 spiro atoms. The number of nitrogens with one attached hydrogen (secondary N) is 1. The lowest BCUT2D eigenvalue weighted by molar-refractivity contribution is -0.143. The predicted molar refractivity (Wildman–Crippen MR) is 151 cm³/mol. The van der Waals surface area contributed by atoms with Crippen molar-refractivity contribution in [2.75, 3.05) is 6.61 Å². The van der Waals surface area contributed by atoms with E-state index in [1.54, 1.807) is 29.2 Å². The van der Waals surface area contributed by atoms with E-state index in [9.17, 15) is 9.59 Å². The van der Waals surface area contributed by atoms with Crippen LogP contribution in [0.15, 0.2) is 77.3 Å². The van der Waals surface area contributed by atoms with Crippen molar-refractivity contribution in [3.05, 3.63) is 98.4 Å². The van der Waals surface area contributed by atoms with Gasteiger partial charge in [-0.2, -0.15) is 0 Å². The SMILES string of the molecule is O=C(NC1CCCC1)[C@H](Cc1ccccc1)N(Cc1cccc(Cl)c1)C(=O)COc1ccc(Cl)cc1Br. The normalized spacial score (nSPS) is 14.2. The summed E-state index contributed by atoms with van der Waals surface area (Å²) in [6, 6.07) is 21.6. The van der Waals surface area contributed by atoms with Gasteiger partial charge in [-0.15, -0.1) is 0 Å². The Balaban J connectivity index is 1.62. The quantitative estimate of drug-likeness (QED) is 0.276. The molecule has 0 heterocycles. The van der Waals surface area contributed by atoms with E-state index in [-0.39, 0.29) is 31.0 Å². The van der Waals surface area contributed by atoms with Crippen LogP contribution in [-0.4, -0.2) is 35.4 Å². The van der Waals surface area contributed by atoms with Gasteiger partial charge in [0.15, 0.2) is 6.61 Å². The number of rotatable bonds is 10. The standard InChI is InChI=1S/C29H29BrCl2N2O3/c30-25-17-23(32)13-14-27(25)37-19-28(35)34(18-21-9-6-10-22(31)15-21)26(16-20-7-2-1-3-8-20)29(36)33-24-11-4-5-12-24/h1-3,6-10,13-15,17,24,26H,4-5,11-12,16,18-19H2,(H,33,36)/t26-/m0/s1. The molecule has 0 radical (unpaired) electrons. The van der Waals surface area contributed by atoms with Gasteiger partial charge >= 0.3 is 0 Å². The van der Waals surface area contributed by atoms with Crippen molar-refractivity contribution < 1.29 is 14.3 Å². The van der Waals surface area contributed by atoms with Crippen LogP contribution in [0.4, 0.5) is 0 Å². The Bertz CT molecular complexity index is 1220. The average Bonchev–Trinajstić information content (AvgIpc) is 3.39. The predicted octanol–water partition coefficient (Wildman–Crippen LogP) is 6.83. The molecule has 1 N–H and O–H groups in total. The van der Waals surface area contributed by atoms with E-state index in [0.29, 0.717) is 26.7 Å². The number of carbonyl (C=O) groups is 2. The first-order chi connectivity index (χ1) is 17.9. The second kappa shape index (κ2) is 13.3. The van der Waals surface area contributed by atoms with E-state index in [0.717, 1.165) is 36.8 Å². The molecule has 1 saturated carbocycles. The zero-order chi connectivity index (χ0) is 26.2. The topological polar surface area (TPSA) is 58.6 Å². The highest BCUT2D eigenvalue weighted by Gasteiger charge is 2.32. The summed E-state index contributed by atoms with van der Waals surface area (Å²) in [6.45, 7) is -0.0110. The molecule has 2 amide bonds. The Hall–Kier alpha value is -2.54.